The lowest BCUT2D eigenvalue weighted by Crippen LogP contribution is -2.32. The summed E-state index contributed by atoms with van der Waals surface area (Å²) in [4.78, 5) is 12.3. The number of aromatic nitrogens is 1. The molecule has 0 N–H and O–H groups in total. The molecule has 0 spiro atoms. The van der Waals surface area contributed by atoms with Gasteiger partial charge in [0.05, 0.1) is 0 Å². The number of alkyl halides is 1. The summed E-state index contributed by atoms with van der Waals surface area (Å²) in [7, 11) is 0. The van der Waals surface area contributed by atoms with Gasteiger partial charge in [-0.1, -0.05) is 56.6 Å². The molecule has 0 unspecified atom stereocenters. The summed E-state index contributed by atoms with van der Waals surface area (Å²) in [5.41, 5.74) is 2.08. The predicted octanol–water partition coefficient (Wildman–Crippen LogP) is 3.70. The summed E-state index contributed by atoms with van der Waals surface area (Å²) in [6.07, 6.45) is 0. The standard InChI is InChI=1S/C14H22BrNO/c1-10(2)9-16-12(14(3,4)5)7-6-11(8-15)13(16)17/h6-7,10H,8-9H2,1-5H3. The molecule has 17 heavy (non-hydrogen) atoms. The first-order valence-electron chi connectivity index (χ1n) is 6.06. The lowest BCUT2D eigenvalue weighted by molar-refractivity contribution is 0.446. The Balaban J connectivity index is 3.42. The first-order valence-corrected chi connectivity index (χ1v) is 7.18. The van der Waals surface area contributed by atoms with Crippen LogP contribution in [0.15, 0.2) is 16.9 Å². The van der Waals surface area contributed by atoms with Crippen LogP contribution in [0, 0.1) is 5.92 Å². The SMILES string of the molecule is CC(C)Cn1c(C(C)(C)C)ccc(CBr)c1=O. The zero-order valence-corrected chi connectivity index (χ0v) is 13.0. The molecule has 0 saturated heterocycles. The van der Waals surface area contributed by atoms with Gasteiger partial charge in [-0.2, -0.15) is 0 Å². The summed E-state index contributed by atoms with van der Waals surface area (Å²) in [6.45, 7) is 11.5. The van der Waals surface area contributed by atoms with E-state index in [1.54, 1.807) is 0 Å². The Hall–Kier alpha value is -0.570. The van der Waals surface area contributed by atoms with Gasteiger partial charge in [0.1, 0.15) is 0 Å². The molecule has 0 aliphatic carbocycles. The molecule has 1 aromatic rings. The van der Waals surface area contributed by atoms with Gasteiger partial charge < -0.3 is 4.57 Å². The topological polar surface area (TPSA) is 22.0 Å². The van der Waals surface area contributed by atoms with Crippen LogP contribution >= 0.6 is 15.9 Å². The molecule has 2 nitrogen and oxygen atoms in total. The smallest absolute Gasteiger partial charge is 0.254 e. The molecule has 0 atom stereocenters. The minimum Gasteiger partial charge on any atom is -0.312 e. The van der Waals surface area contributed by atoms with Gasteiger partial charge in [-0.05, 0) is 12.0 Å². The maximum atomic E-state index is 12.3. The van der Waals surface area contributed by atoms with Gasteiger partial charge in [0.15, 0.2) is 0 Å². The highest BCUT2D eigenvalue weighted by atomic mass is 79.9. The quantitative estimate of drug-likeness (QED) is 0.780. The van der Waals surface area contributed by atoms with Crippen LogP contribution in [0.4, 0.5) is 0 Å². The molecule has 0 amide bonds. The normalized spacial score (nSPS) is 12.2. The van der Waals surface area contributed by atoms with Crippen LogP contribution in [0.5, 0.6) is 0 Å². The van der Waals surface area contributed by atoms with E-state index in [9.17, 15) is 4.79 Å². The maximum Gasteiger partial charge on any atom is 0.254 e. The van der Waals surface area contributed by atoms with Gasteiger partial charge in [-0.15, -0.1) is 0 Å². The van der Waals surface area contributed by atoms with Crippen LogP contribution in [0.1, 0.15) is 45.9 Å². The molecule has 1 aromatic heterocycles. The fourth-order valence-electron chi connectivity index (χ4n) is 1.93. The minimum absolute atomic E-state index is 0.00110. The number of hydrogen-bond donors (Lipinski definition) is 0. The molecular formula is C14H22BrNO. The van der Waals surface area contributed by atoms with Crippen LogP contribution in [0.3, 0.4) is 0 Å². The lowest BCUT2D eigenvalue weighted by atomic mass is 9.90. The highest BCUT2D eigenvalue weighted by molar-refractivity contribution is 9.08. The highest BCUT2D eigenvalue weighted by Gasteiger charge is 2.20. The second-order valence-electron chi connectivity index (χ2n) is 5.94. The van der Waals surface area contributed by atoms with Gasteiger partial charge >= 0.3 is 0 Å². The van der Waals surface area contributed by atoms with E-state index in [4.69, 9.17) is 0 Å². The number of hydrogen-bond acceptors (Lipinski definition) is 1. The Morgan fingerprint density at radius 1 is 1.29 bits per heavy atom. The van der Waals surface area contributed by atoms with Crippen molar-refractivity contribution >= 4 is 15.9 Å². The first kappa shape index (κ1) is 14.5. The van der Waals surface area contributed by atoms with Crippen molar-refractivity contribution < 1.29 is 0 Å². The van der Waals surface area contributed by atoms with Crippen LogP contribution in [0.25, 0.3) is 0 Å². The van der Waals surface area contributed by atoms with Crippen molar-refractivity contribution in [3.63, 3.8) is 0 Å². The highest BCUT2D eigenvalue weighted by Crippen LogP contribution is 2.22. The zero-order chi connectivity index (χ0) is 13.2. The van der Waals surface area contributed by atoms with E-state index in [0.717, 1.165) is 17.8 Å². The Kier molecular flexibility index (Phi) is 4.59. The van der Waals surface area contributed by atoms with Crippen molar-refractivity contribution in [1.82, 2.24) is 4.57 Å². The predicted molar refractivity (Wildman–Crippen MR) is 76.9 cm³/mol. The molecule has 0 aromatic carbocycles. The lowest BCUT2D eigenvalue weighted by Gasteiger charge is -2.25. The third kappa shape index (κ3) is 3.44. The summed E-state index contributed by atoms with van der Waals surface area (Å²) >= 11 is 3.37. The summed E-state index contributed by atoms with van der Waals surface area (Å²) in [5, 5.41) is 0.619. The van der Waals surface area contributed by atoms with E-state index in [-0.39, 0.29) is 11.0 Å². The Labute approximate surface area is 112 Å². The van der Waals surface area contributed by atoms with Gasteiger partial charge in [-0.25, -0.2) is 0 Å². The monoisotopic (exact) mass is 299 g/mol. The number of halogens is 1. The van der Waals surface area contributed by atoms with E-state index in [1.165, 1.54) is 0 Å². The fourth-order valence-corrected chi connectivity index (χ4v) is 2.35. The van der Waals surface area contributed by atoms with Crippen LogP contribution < -0.4 is 5.56 Å². The molecule has 0 aliphatic rings. The Bertz CT molecular complexity index is 441. The van der Waals surface area contributed by atoms with E-state index in [1.807, 2.05) is 10.6 Å². The van der Waals surface area contributed by atoms with E-state index < -0.39 is 0 Å². The molecule has 0 bridgehead atoms. The van der Waals surface area contributed by atoms with Crippen LogP contribution in [-0.4, -0.2) is 4.57 Å². The van der Waals surface area contributed by atoms with Crippen molar-refractivity contribution in [1.29, 1.82) is 0 Å². The average Bonchev–Trinajstić information content (AvgIpc) is 2.18. The molecule has 96 valence electrons. The van der Waals surface area contributed by atoms with Gasteiger partial charge in [-0.3, -0.25) is 4.79 Å². The Morgan fingerprint density at radius 2 is 1.88 bits per heavy atom. The van der Waals surface area contributed by atoms with E-state index >= 15 is 0 Å². The van der Waals surface area contributed by atoms with Crippen molar-refractivity contribution in [2.24, 2.45) is 5.92 Å². The molecular weight excluding hydrogens is 278 g/mol. The summed E-state index contributed by atoms with van der Waals surface area (Å²) < 4.78 is 1.93. The summed E-state index contributed by atoms with van der Waals surface area (Å²) in [6, 6.07) is 4.02. The zero-order valence-electron chi connectivity index (χ0n) is 11.4. The van der Waals surface area contributed by atoms with Crippen molar-refractivity contribution in [3.05, 3.63) is 33.7 Å². The second kappa shape index (κ2) is 5.38. The largest absolute Gasteiger partial charge is 0.312 e. The minimum atomic E-state index is -0.00110. The van der Waals surface area contributed by atoms with E-state index in [2.05, 4.69) is 56.6 Å². The van der Waals surface area contributed by atoms with Gasteiger partial charge in [0.25, 0.3) is 5.56 Å². The molecule has 0 fully saturated rings. The van der Waals surface area contributed by atoms with Crippen molar-refractivity contribution in [2.75, 3.05) is 0 Å². The third-order valence-corrected chi connectivity index (χ3v) is 3.32. The molecule has 1 rings (SSSR count). The average molecular weight is 300 g/mol. The van der Waals surface area contributed by atoms with E-state index in [0.29, 0.717) is 11.2 Å². The second-order valence-corrected chi connectivity index (χ2v) is 6.50. The molecule has 0 aliphatic heterocycles. The maximum absolute atomic E-state index is 12.3. The molecule has 3 heteroatoms. The third-order valence-electron chi connectivity index (χ3n) is 2.71. The van der Waals surface area contributed by atoms with Crippen LogP contribution in [-0.2, 0) is 17.3 Å². The van der Waals surface area contributed by atoms with Crippen LogP contribution in [0.2, 0.25) is 0 Å². The molecule has 1 heterocycles. The number of pyridine rings is 1. The van der Waals surface area contributed by atoms with Gasteiger partial charge in [0.2, 0.25) is 0 Å². The molecule has 0 radical (unpaired) electrons. The summed E-state index contributed by atoms with van der Waals surface area (Å²) in [5.74, 6) is 0.472. The molecule has 0 saturated carbocycles. The number of rotatable bonds is 3. The Morgan fingerprint density at radius 3 is 2.29 bits per heavy atom. The fraction of sp³-hybridized carbons (Fsp3) is 0.643. The number of nitrogens with zero attached hydrogens (tertiary/aromatic N) is 1. The van der Waals surface area contributed by atoms with Gasteiger partial charge in [0, 0.05) is 28.5 Å². The first-order chi connectivity index (χ1) is 7.77. The van der Waals surface area contributed by atoms with Crippen molar-refractivity contribution in [2.45, 2.75) is 51.9 Å². The van der Waals surface area contributed by atoms with Crippen molar-refractivity contribution in [3.8, 4) is 0 Å².